The van der Waals surface area contributed by atoms with E-state index in [2.05, 4.69) is 26.7 Å². The van der Waals surface area contributed by atoms with Crippen LogP contribution in [-0.4, -0.2) is 50.4 Å². The Morgan fingerprint density at radius 1 is 0.966 bits per heavy atom. The minimum absolute atomic E-state index is 0.457. The number of aryl methyl sites for hydroxylation is 1. The molecule has 7 nitrogen and oxygen atoms in total. The number of aromatic nitrogens is 2. The third-order valence-corrected chi connectivity index (χ3v) is 5.40. The van der Waals surface area contributed by atoms with Gasteiger partial charge in [-0.15, -0.1) is 0 Å². The van der Waals surface area contributed by atoms with Crippen LogP contribution in [0.5, 0.6) is 11.5 Å². The molecule has 3 rings (SSSR count). The summed E-state index contributed by atoms with van der Waals surface area (Å²) in [7, 11) is 7.33. The molecule has 2 N–H and O–H groups in total. The molecule has 7 heteroatoms. The molecule has 1 aliphatic rings. The van der Waals surface area contributed by atoms with Crippen molar-refractivity contribution in [2.24, 2.45) is 0 Å². The molecular formula is C22H33N5O2. The molecule has 1 saturated carbocycles. The van der Waals surface area contributed by atoms with E-state index in [1.54, 1.807) is 14.2 Å². The Kier molecular flexibility index (Phi) is 7.14. The predicted molar refractivity (Wildman–Crippen MR) is 117 cm³/mol. The molecule has 1 heterocycles. The molecule has 0 aliphatic heterocycles. The van der Waals surface area contributed by atoms with Crippen molar-refractivity contribution in [2.75, 3.05) is 38.5 Å². The summed E-state index contributed by atoms with van der Waals surface area (Å²) in [5.74, 6) is 4.19. The van der Waals surface area contributed by atoms with Gasteiger partial charge in [0.25, 0.3) is 0 Å². The fourth-order valence-electron chi connectivity index (χ4n) is 3.76. The predicted octanol–water partition coefficient (Wildman–Crippen LogP) is 3.38. The molecule has 2 aromatic rings. The molecule has 0 spiro atoms. The van der Waals surface area contributed by atoms with Gasteiger partial charge in [0.15, 0.2) is 11.5 Å². The lowest BCUT2D eigenvalue weighted by Crippen LogP contribution is -2.36. The van der Waals surface area contributed by atoms with Crippen LogP contribution >= 0.6 is 0 Å². The fourth-order valence-corrected chi connectivity index (χ4v) is 3.76. The van der Waals surface area contributed by atoms with Crippen LogP contribution in [0.15, 0.2) is 24.3 Å². The minimum Gasteiger partial charge on any atom is -0.493 e. The lowest BCUT2D eigenvalue weighted by molar-refractivity contribution is 0.348. The van der Waals surface area contributed by atoms with E-state index in [1.165, 1.54) is 5.56 Å². The highest BCUT2D eigenvalue weighted by Gasteiger charge is 2.21. The fraction of sp³-hybridized carbons (Fsp3) is 0.545. The summed E-state index contributed by atoms with van der Waals surface area (Å²) in [6.45, 7) is 2.77. The number of benzene rings is 1. The summed E-state index contributed by atoms with van der Waals surface area (Å²) >= 11 is 0. The van der Waals surface area contributed by atoms with Crippen molar-refractivity contribution >= 4 is 11.6 Å². The van der Waals surface area contributed by atoms with Gasteiger partial charge >= 0.3 is 0 Å². The van der Waals surface area contributed by atoms with E-state index in [0.717, 1.165) is 61.2 Å². The van der Waals surface area contributed by atoms with Crippen molar-refractivity contribution in [2.45, 2.75) is 51.2 Å². The van der Waals surface area contributed by atoms with Crippen LogP contribution in [0.1, 0.15) is 37.1 Å². The lowest BCUT2D eigenvalue weighted by atomic mass is 9.91. The zero-order valence-electron chi connectivity index (χ0n) is 18.2. The quantitative estimate of drug-likeness (QED) is 0.705. The van der Waals surface area contributed by atoms with Crippen LogP contribution in [-0.2, 0) is 6.54 Å². The SMILES string of the molecule is COc1ccc(CNC2CCC(Nc3cc(N(C)C)nc(C)n3)CC2)cc1OC. The first-order chi connectivity index (χ1) is 14.0. The van der Waals surface area contributed by atoms with Gasteiger partial charge in [-0.3, -0.25) is 0 Å². The molecule has 0 atom stereocenters. The second-order valence-corrected chi connectivity index (χ2v) is 7.82. The molecule has 1 aromatic carbocycles. The standard InChI is InChI=1S/C22H33N5O2/c1-15-24-21(13-22(25-15)27(2)3)26-18-9-7-17(8-10-18)23-14-16-6-11-19(28-4)20(12-16)29-5/h6,11-13,17-18,23H,7-10,14H2,1-5H3,(H,24,25,26). The van der Waals surface area contributed by atoms with Crippen LogP contribution in [0, 0.1) is 6.92 Å². The Hall–Kier alpha value is -2.54. The van der Waals surface area contributed by atoms with E-state index in [-0.39, 0.29) is 0 Å². The highest BCUT2D eigenvalue weighted by atomic mass is 16.5. The number of hydrogen-bond acceptors (Lipinski definition) is 7. The van der Waals surface area contributed by atoms with E-state index < -0.39 is 0 Å². The van der Waals surface area contributed by atoms with Crippen molar-refractivity contribution in [3.8, 4) is 11.5 Å². The van der Waals surface area contributed by atoms with E-state index in [1.807, 2.05) is 44.1 Å². The molecule has 0 saturated heterocycles. The molecule has 0 unspecified atom stereocenters. The molecule has 1 aromatic heterocycles. The second-order valence-electron chi connectivity index (χ2n) is 7.82. The summed E-state index contributed by atoms with van der Waals surface area (Å²) in [5.41, 5.74) is 1.20. The Morgan fingerprint density at radius 2 is 1.66 bits per heavy atom. The largest absolute Gasteiger partial charge is 0.493 e. The monoisotopic (exact) mass is 399 g/mol. The number of anilines is 2. The molecule has 1 aliphatic carbocycles. The van der Waals surface area contributed by atoms with Crippen LogP contribution in [0.2, 0.25) is 0 Å². The van der Waals surface area contributed by atoms with Crippen molar-refractivity contribution in [3.05, 3.63) is 35.7 Å². The highest BCUT2D eigenvalue weighted by Crippen LogP contribution is 2.28. The molecule has 0 bridgehead atoms. The Balaban J connectivity index is 1.48. The molecule has 29 heavy (non-hydrogen) atoms. The first-order valence-corrected chi connectivity index (χ1v) is 10.2. The first kappa shape index (κ1) is 21.2. The number of hydrogen-bond donors (Lipinski definition) is 2. The normalized spacial score (nSPS) is 18.9. The second kappa shape index (κ2) is 9.78. The van der Waals surface area contributed by atoms with E-state index in [4.69, 9.17) is 9.47 Å². The van der Waals surface area contributed by atoms with E-state index in [0.29, 0.717) is 12.1 Å². The van der Waals surface area contributed by atoms with Gasteiger partial charge in [-0.05, 0) is 50.3 Å². The number of methoxy groups -OCH3 is 2. The van der Waals surface area contributed by atoms with Crippen LogP contribution in [0.4, 0.5) is 11.6 Å². The van der Waals surface area contributed by atoms with Crippen LogP contribution in [0.3, 0.4) is 0 Å². The Labute approximate surface area is 173 Å². The molecule has 1 fully saturated rings. The number of rotatable bonds is 8. The smallest absolute Gasteiger partial charge is 0.161 e. The third kappa shape index (κ3) is 5.73. The topological polar surface area (TPSA) is 71.5 Å². The van der Waals surface area contributed by atoms with Crippen LogP contribution in [0.25, 0.3) is 0 Å². The van der Waals surface area contributed by atoms with Crippen molar-refractivity contribution in [3.63, 3.8) is 0 Å². The number of ether oxygens (including phenoxy) is 2. The molecule has 158 valence electrons. The summed E-state index contributed by atoms with van der Waals surface area (Å²) in [4.78, 5) is 11.0. The molecule has 0 amide bonds. The summed E-state index contributed by atoms with van der Waals surface area (Å²) in [6, 6.07) is 9.10. The van der Waals surface area contributed by atoms with Crippen molar-refractivity contribution in [1.82, 2.24) is 15.3 Å². The summed E-state index contributed by atoms with van der Waals surface area (Å²) in [6.07, 6.45) is 4.55. The van der Waals surface area contributed by atoms with Crippen molar-refractivity contribution in [1.29, 1.82) is 0 Å². The van der Waals surface area contributed by atoms with Gasteiger partial charge in [0.05, 0.1) is 14.2 Å². The van der Waals surface area contributed by atoms with Gasteiger partial charge in [-0.2, -0.15) is 0 Å². The van der Waals surface area contributed by atoms with E-state index >= 15 is 0 Å². The zero-order valence-corrected chi connectivity index (χ0v) is 18.2. The van der Waals surface area contributed by atoms with Gasteiger partial charge in [0, 0.05) is 38.8 Å². The van der Waals surface area contributed by atoms with Crippen LogP contribution < -0.4 is 25.0 Å². The highest BCUT2D eigenvalue weighted by molar-refractivity contribution is 5.49. The van der Waals surface area contributed by atoms with Gasteiger partial charge in [-0.1, -0.05) is 6.07 Å². The maximum Gasteiger partial charge on any atom is 0.161 e. The van der Waals surface area contributed by atoms with Gasteiger partial charge in [0.1, 0.15) is 17.5 Å². The summed E-state index contributed by atoms with van der Waals surface area (Å²) in [5, 5.41) is 7.29. The number of nitrogens with zero attached hydrogens (tertiary/aromatic N) is 3. The maximum absolute atomic E-state index is 5.40. The minimum atomic E-state index is 0.457. The third-order valence-electron chi connectivity index (χ3n) is 5.40. The van der Waals surface area contributed by atoms with Crippen molar-refractivity contribution < 1.29 is 9.47 Å². The molecular weight excluding hydrogens is 366 g/mol. The van der Waals surface area contributed by atoms with Gasteiger partial charge in [-0.25, -0.2) is 9.97 Å². The average Bonchev–Trinajstić information content (AvgIpc) is 2.72. The zero-order chi connectivity index (χ0) is 20.8. The van der Waals surface area contributed by atoms with Gasteiger partial charge in [0.2, 0.25) is 0 Å². The van der Waals surface area contributed by atoms with E-state index in [9.17, 15) is 0 Å². The summed E-state index contributed by atoms with van der Waals surface area (Å²) < 4.78 is 10.7. The average molecular weight is 400 g/mol. The molecule has 0 radical (unpaired) electrons. The Bertz CT molecular complexity index is 804. The number of nitrogens with one attached hydrogen (secondary N) is 2. The van der Waals surface area contributed by atoms with Gasteiger partial charge < -0.3 is 25.0 Å². The first-order valence-electron chi connectivity index (χ1n) is 10.2. The maximum atomic E-state index is 5.40. The Morgan fingerprint density at radius 3 is 2.31 bits per heavy atom. The lowest BCUT2D eigenvalue weighted by Gasteiger charge is -2.30.